The number of hydrogen-bond donors (Lipinski definition) is 2. The number of primary amides is 1. The topological polar surface area (TPSA) is 101 Å². The van der Waals surface area contributed by atoms with E-state index in [4.69, 9.17) is 5.73 Å². The minimum Gasteiger partial charge on any atom is -0.481 e. The predicted molar refractivity (Wildman–Crippen MR) is 89.7 cm³/mol. The molecule has 128 valence electrons. The molecule has 0 radical (unpaired) electrons. The molecular weight excluding hydrogens is 328 g/mol. The number of carboxylic acid groups (broad SMARTS) is 1. The molecule has 3 rings (SSSR count). The summed E-state index contributed by atoms with van der Waals surface area (Å²) in [6, 6.07) is 7.07. The molecule has 2 amide bonds. The molecule has 7 heteroatoms. The number of hydrogen-bond acceptors (Lipinski definition) is 4. The van der Waals surface area contributed by atoms with E-state index in [2.05, 4.69) is 0 Å². The number of nitrogens with two attached hydrogens (primary N) is 1. The third-order valence-corrected chi connectivity index (χ3v) is 6.17. The summed E-state index contributed by atoms with van der Waals surface area (Å²) in [7, 11) is 0. The second kappa shape index (κ2) is 6.47. The fourth-order valence-electron chi connectivity index (χ4n) is 3.88. The first-order chi connectivity index (χ1) is 11.4. The Kier molecular flexibility index (Phi) is 4.54. The van der Waals surface area contributed by atoms with Gasteiger partial charge in [-0.25, -0.2) is 0 Å². The maximum Gasteiger partial charge on any atom is 0.311 e. The second-order valence-corrected chi connectivity index (χ2v) is 7.50. The molecule has 2 fully saturated rings. The van der Waals surface area contributed by atoms with Crippen molar-refractivity contribution < 1.29 is 19.5 Å². The van der Waals surface area contributed by atoms with Gasteiger partial charge < -0.3 is 15.7 Å². The smallest absolute Gasteiger partial charge is 0.311 e. The Morgan fingerprint density at radius 3 is 2.75 bits per heavy atom. The van der Waals surface area contributed by atoms with Crippen LogP contribution in [0.1, 0.15) is 29.6 Å². The van der Waals surface area contributed by atoms with E-state index in [0.29, 0.717) is 23.4 Å². The molecule has 1 aromatic rings. The van der Waals surface area contributed by atoms with Gasteiger partial charge in [-0.1, -0.05) is 18.6 Å². The third-order valence-electron chi connectivity index (χ3n) is 5.07. The van der Waals surface area contributed by atoms with Crippen molar-refractivity contribution in [1.29, 1.82) is 0 Å². The van der Waals surface area contributed by atoms with Crippen LogP contribution in [0.5, 0.6) is 0 Å². The number of thioether (sulfide) groups is 1. The summed E-state index contributed by atoms with van der Waals surface area (Å²) >= 11 is 1.23. The number of fused-ring (bicyclic) bond motifs is 1. The number of aliphatic carboxylic acids is 1. The Bertz CT molecular complexity index is 693. The van der Waals surface area contributed by atoms with E-state index in [0.717, 1.165) is 12.8 Å². The van der Waals surface area contributed by atoms with Crippen LogP contribution in [0.15, 0.2) is 29.2 Å². The van der Waals surface area contributed by atoms with Crippen molar-refractivity contribution in [2.75, 3.05) is 18.8 Å². The highest BCUT2D eigenvalue weighted by molar-refractivity contribution is 8.00. The summed E-state index contributed by atoms with van der Waals surface area (Å²) in [4.78, 5) is 38.0. The van der Waals surface area contributed by atoms with Gasteiger partial charge in [0.2, 0.25) is 5.91 Å². The summed E-state index contributed by atoms with van der Waals surface area (Å²) < 4.78 is 0. The van der Waals surface area contributed by atoms with Crippen LogP contribution in [0.25, 0.3) is 0 Å². The first-order valence-electron chi connectivity index (χ1n) is 7.97. The number of nitrogens with zero attached hydrogens (tertiary/aromatic N) is 1. The molecule has 1 heterocycles. The predicted octanol–water partition coefficient (Wildman–Crippen LogP) is 1.59. The summed E-state index contributed by atoms with van der Waals surface area (Å²) in [6.45, 7) is 0.751. The number of carbonyl (C=O) groups is 3. The SMILES string of the molecule is NC(=O)CSc1ccccc1C(=O)N1C[C@@H]2CCC[C@@]2(C(=O)O)C1. The fraction of sp³-hybridized carbons (Fsp3) is 0.471. The van der Waals surface area contributed by atoms with Crippen molar-refractivity contribution in [3.8, 4) is 0 Å². The molecule has 1 aliphatic carbocycles. The number of amides is 2. The van der Waals surface area contributed by atoms with Crippen molar-refractivity contribution in [2.24, 2.45) is 17.1 Å². The minimum absolute atomic E-state index is 0.0318. The lowest BCUT2D eigenvalue weighted by atomic mass is 9.81. The standard InChI is InChI=1S/C17H20N2O4S/c18-14(20)9-24-13-6-2-1-5-12(13)15(21)19-8-11-4-3-7-17(11,10-19)16(22)23/h1-2,5-6,11H,3-4,7-10H2,(H2,18,20)(H,22,23)/t11-,17+/m0/s1. The minimum atomic E-state index is -0.795. The van der Waals surface area contributed by atoms with E-state index >= 15 is 0 Å². The normalized spacial score (nSPS) is 25.5. The zero-order valence-electron chi connectivity index (χ0n) is 13.2. The number of rotatable bonds is 5. The number of benzene rings is 1. The van der Waals surface area contributed by atoms with Crippen LogP contribution < -0.4 is 5.73 Å². The van der Waals surface area contributed by atoms with Crippen LogP contribution in [-0.2, 0) is 9.59 Å². The Balaban J connectivity index is 1.81. The fourth-order valence-corrected chi connectivity index (χ4v) is 4.67. The largest absolute Gasteiger partial charge is 0.481 e. The first-order valence-corrected chi connectivity index (χ1v) is 8.95. The van der Waals surface area contributed by atoms with Crippen LogP contribution in [0.2, 0.25) is 0 Å². The van der Waals surface area contributed by atoms with Gasteiger partial charge >= 0.3 is 5.97 Å². The number of carbonyl (C=O) groups excluding carboxylic acids is 2. The molecule has 2 aliphatic rings. The Morgan fingerprint density at radius 2 is 2.08 bits per heavy atom. The maximum absolute atomic E-state index is 12.9. The quantitative estimate of drug-likeness (QED) is 0.787. The lowest BCUT2D eigenvalue weighted by molar-refractivity contribution is -0.149. The van der Waals surface area contributed by atoms with E-state index in [1.807, 2.05) is 0 Å². The van der Waals surface area contributed by atoms with Crippen molar-refractivity contribution in [2.45, 2.75) is 24.2 Å². The van der Waals surface area contributed by atoms with Gasteiger partial charge in [0.05, 0.1) is 16.7 Å². The molecule has 0 aromatic heterocycles. The number of carboxylic acids is 1. The van der Waals surface area contributed by atoms with Gasteiger partial charge in [0.15, 0.2) is 0 Å². The van der Waals surface area contributed by atoms with Crippen molar-refractivity contribution >= 4 is 29.5 Å². The molecule has 3 N–H and O–H groups in total. The Hall–Kier alpha value is -2.02. The summed E-state index contributed by atoms with van der Waals surface area (Å²) in [5.41, 5.74) is 4.90. The molecule has 0 unspecified atom stereocenters. The number of likely N-dealkylation sites (tertiary alicyclic amines) is 1. The average molecular weight is 348 g/mol. The molecule has 1 saturated heterocycles. The van der Waals surface area contributed by atoms with E-state index in [1.165, 1.54) is 11.8 Å². The molecule has 24 heavy (non-hydrogen) atoms. The van der Waals surface area contributed by atoms with Gasteiger partial charge in [0.25, 0.3) is 5.91 Å². The van der Waals surface area contributed by atoms with Crippen molar-refractivity contribution in [1.82, 2.24) is 4.90 Å². The average Bonchev–Trinajstić information content (AvgIpc) is 3.10. The van der Waals surface area contributed by atoms with Crippen LogP contribution in [0, 0.1) is 11.3 Å². The van der Waals surface area contributed by atoms with Crippen LogP contribution in [-0.4, -0.2) is 46.6 Å². The summed E-state index contributed by atoms with van der Waals surface area (Å²) in [5, 5.41) is 9.65. The summed E-state index contributed by atoms with van der Waals surface area (Å²) in [5.74, 6) is -1.27. The lowest BCUT2D eigenvalue weighted by Gasteiger charge is -2.23. The highest BCUT2D eigenvalue weighted by atomic mass is 32.2. The molecule has 0 bridgehead atoms. The van der Waals surface area contributed by atoms with Crippen LogP contribution in [0.3, 0.4) is 0 Å². The van der Waals surface area contributed by atoms with E-state index < -0.39 is 17.3 Å². The van der Waals surface area contributed by atoms with Crippen molar-refractivity contribution in [3.05, 3.63) is 29.8 Å². The Labute approximate surface area is 144 Å². The maximum atomic E-state index is 12.9. The molecule has 1 aromatic carbocycles. The van der Waals surface area contributed by atoms with Gasteiger partial charge in [0.1, 0.15) is 0 Å². The highest BCUT2D eigenvalue weighted by Crippen LogP contribution is 2.49. The monoisotopic (exact) mass is 348 g/mol. The van der Waals surface area contributed by atoms with Gasteiger partial charge in [-0.05, 0) is 30.9 Å². The van der Waals surface area contributed by atoms with Crippen LogP contribution in [0.4, 0.5) is 0 Å². The Morgan fingerprint density at radius 1 is 1.33 bits per heavy atom. The third kappa shape index (κ3) is 2.88. The lowest BCUT2D eigenvalue weighted by Crippen LogP contribution is -2.37. The zero-order valence-corrected chi connectivity index (χ0v) is 14.1. The van der Waals surface area contributed by atoms with Gasteiger partial charge in [-0.2, -0.15) is 0 Å². The van der Waals surface area contributed by atoms with E-state index in [9.17, 15) is 19.5 Å². The second-order valence-electron chi connectivity index (χ2n) is 6.49. The molecule has 0 spiro atoms. The van der Waals surface area contributed by atoms with Crippen molar-refractivity contribution in [3.63, 3.8) is 0 Å². The first kappa shape index (κ1) is 16.8. The summed E-state index contributed by atoms with van der Waals surface area (Å²) in [6.07, 6.45) is 2.40. The van der Waals surface area contributed by atoms with Gasteiger partial charge in [-0.3, -0.25) is 14.4 Å². The molecule has 6 nitrogen and oxygen atoms in total. The molecular formula is C17H20N2O4S. The van der Waals surface area contributed by atoms with E-state index in [1.54, 1.807) is 29.2 Å². The zero-order chi connectivity index (χ0) is 17.3. The molecule has 1 saturated carbocycles. The molecule has 1 aliphatic heterocycles. The highest BCUT2D eigenvalue weighted by Gasteiger charge is 2.55. The van der Waals surface area contributed by atoms with Gasteiger partial charge in [-0.15, -0.1) is 11.8 Å². The van der Waals surface area contributed by atoms with Gasteiger partial charge in [0, 0.05) is 18.0 Å². The van der Waals surface area contributed by atoms with E-state index in [-0.39, 0.29) is 24.1 Å². The van der Waals surface area contributed by atoms with Crippen LogP contribution >= 0.6 is 11.8 Å². The molecule has 2 atom stereocenters.